The molecule has 0 saturated heterocycles. The molecule has 2 aromatic carbocycles. The Morgan fingerprint density at radius 3 is 1.92 bits per heavy atom. The van der Waals surface area contributed by atoms with Gasteiger partial charge in [0.2, 0.25) is 0 Å². The van der Waals surface area contributed by atoms with E-state index >= 15 is 0 Å². The molecule has 3 aromatic rings. The molecule has 6 heteroatoms. The SMILES string of the molecule is C=O.CC(C)Oc1ccc(Oc2ccccc2)cc1.Nc1csc(I)c1. The number of hydrogen-bond donors (Lipinski definition) is 1. The Balaban J connectivity index is 0.000000313. The summed E-state index contributed by atoms with van der Waals surface area (Å²) in [4.78, 5) is 8.00. The van der Waals surface area contributed by atoms with Gasteiger partial charge < -0.3 is 20.0 Å². The van der Waals surface area contributed by atoms with Crippen LogP contribution in [-0.2, 0) is 4.79 Å². The van der Waals surface area contributed by atoms with Gasteiger partial charge in [-0.1, -0.05) is 18.2 Å². The van der Waals surface area contributed by atoms with Crippen molar-refractivity contribution in [2.24, 2.45) is 0 Å². The van der Waals surface area contributed by atoms with E-state index in [2.05, 4.69) is 22.6 Å². The van der Waals surface area contributed by atoms with Gasteiger partial charge in [0.25, 0.3) is 0 Å². The average molecular weight is 483 g/mol. The second-order valence-corrected chi connectivity index (χ2v) is 8.04. The van der Waals surface area contributed by atoms with Crippen LogP contribution in [-0.4, -0.2) is 12.9 Å². The molecular formula is C20H22INO3S. The molecule has 0 aliphatic heterocycles. The van der Waals surface area contributed by atoms with Gasteiger partial charge in [0.05, 0.1) is 8.99 Å². The van der Waals surface area contributed by atoms with Crippen LogP contribution in [0, 0.1) is 2.88 Å². The van der Waals surface area contributed by atoms with Gasteiger partial charge in [-0.05, 0) is 78.9 Å². The van der Waals surface area contributed by atoms with Crippen molar-refractivity contribution in [1.82, 2.24) is 0 Å². The lowest BCUT2D eigenvalue weighted by Gasteiger charge is -2.10. The average Bonchev–Trinajstić information content (AvgIpc) is 3.02. The summed E-state index contributed by atoms with van der Waals surface area (Å²) < 4.78 is 12.5. The van der Waals surface area contributed by atoms with E-state index in [1.807, 2.05) is 86.7 Å². The Hall–Kier alpha value is -2.06. The maximum Gasteiger partial charge on any atom is 0.127 e. The van der Waals surface area contributed by atoms with E-state index in [0.29, 0.717) is 0 Å². The summed E-state index contributed by atoms with van der Waals surface area (Å²) >= 11 is 3.91. The van der Waals surface area contributed by atoms with Gasteiger partial charge in [-0.25, -0.2) is 0 Å². The zero-order chi connectivity index (χ0) is 19.4. The molecule has 0 saturated carbocycles. The van der Waals surface area contributed by atoms with Crippen LogP contribution >= 0.6 is 33.9 Å². The number of ether oxygens (including phenoxy) is 2. The molecule has 0 amide bonds. The molecule has 3 rings (SSSR count). The van der Waals surface area contributed by atoms with E-state index in [1.165, 1.54) is 2.88 Å². The summed E-state index contributed by atoms with van der Waals surface area (Å²) in [7, 11) is 0. The van der Waals surface area contributed by atoms with Gasteiger partial charge >= 0.3 is 0 Å². The third-order valence-corrected chi connectivity index (χ3v) is 4.57. The first-order valence-corrected chi connectivity index (χ1v) is 9.77. The molecular weight excluding hydrogens is 461 g/mol. The van der Waals surface area contributed by atoms with Crippen molar-refractivity contribution < 1.29 is 14.3 Å². The summed E-state index contributed by atoms with van der Waals surface area (Å²) in [6.07, 6.45) is 0.191. The van der Waals surface area contributed by atoms with E-state index in [9.17, 15) is 0 Å². The molecule has 0 aliphatic carbocycles. The molecule has 4 nitrogen and oxygen atoms in total. The number of nitrogens with two attached hydrogens (primary N) is 1. The molecule has 1 aromatic heterocycles. The molecule has 0 fully saturated rings. The van der Waals surface area contributed by atoms with Gasteiger partial charge in [0, 0.05) is 11.1 Å². The first-order chi connectivity index (χ1) is 12.5. The van der Waals surface area contributed by atoms with Crippen LogP contribution < -0.4 is 15.2 Å². The van der Waals surface area contributed by atoms with Crippen molar-refractivity contribution >= 4 is 46.4 Å². The summed E-state index contributed by atoms with van der Waals surface area (Å²) in [5, 5.41) is 1.93. The maximum atomic E-state index is 8.00. The minimum atomic E-state index is 0.191. The molecule has 26 heavy (non-hydrogen) atoms. The monoisotopic (exact) mass is 483 g/mol. The van der Waals surface area contributed by atoms with Crippen LogP contribution in [0.4, 0.5) is 5.69 Å². The molecule has 0 atom stereocenters. The maximum absolute atomic E-state index is 8.00. The predicted molar refractivity (Wildman–Crippen MR) is 117 cm³/mol. The van der Waals surface area contributed by atoms with Crippen LogP contribution in [0.1, 0.15) is 13.8 Å². The van der Waals surface area contributed by atoms with Crippen molar-refractivity contribution in [3.63, 3.8) is 0 Å². The molecule has 0 aliphatic rings. The summed E-state index contributed by atoms with van der Waals surface area (Å²) in [6, 6.07) is 19.3. The highest BCUT2D eigenvalue weighted by Crippen LogP contribution is 2.23. The fraction of sp³-hybridized carbons (Fsp3) is 0.150. The Labute approximate surface area is 172 Å². The Bertz CT molecular complexity index is 729. The molecule has 0 unspecified atom stereocenters. The van der Waals surface area contributed by atoms with E-state index < -0.39 is 0 Å². The Morgan fingerprint density at radius 1 is 0.962 bits per heavy atom. The summed E-state index contributed by atoms with van der Waals surface area (Å²) in [5.74, 6) is 2.51. The molecule has 0 bridgehead atoms. The number of carbonyl (C=O) groups excluding carboxylic acids is 1. The van der Waals surface area contributed by atoms with Gasteiger partial charge in [0.1, 0.15) is 24.0 Å². The quantitative estimate of drug-likeness (QED) is 0.462. The number of para-hydroxylation sites is 1. The molecule has 1 heterocycles. The lowest BCUT2D eigenvalue weighted by atomic mass is 10.3. The zero-order valence-electron chi connectivity index (χ0n) is 14.7. The minimum Gasteiger partial charge on any atom is -0.491 e. The smallest absolute Gasteiger partial charge is 0.127 e. The zero-order valence-corrected chi connectivity index (χ0v) is 17.7. The Kier molecular flexibility index (Phi) is 10.4. The van der Waals surface area contributed by atoms with Crippen molar-refractivity contribution in [3.8, 4) is 17.2 Å². The van der Waals surface area contributed by atoms with Gasteiger partial charge in [-0.15, -0.1) is 11.3 Å². The number of benzene rings is 2. The number of halogens is 1. The number of hydrogen-bond acceptors (Lipinski definition) is 5. The summed E-state index contributed by atoms with van der Waals surface area (Å²) in [6.45, 7) is 6.02. The predicted octanol–water partition coefficient (Wildman–Crippen LogP) is 6.02. The lowest BCUT2D eigenvalue weighted by Crippen LogP contribution is -2.05. The number of carbonyl (C=O) groups is 1. The number of rotatable bonds is 4. The summed E-state index contributed by atoms with van der Waals surface area (Å²) in [5.41, 5.74) is 6.25. The highest BCUT2D eigenvalue weighted by Gasteiger charge is 1.99. The van der Waals surface area contributed by atoms with Crippen LogP contribution in [0.25, 0.3) is 0 Å². The van der Waals surface area contributed by atoms with E-state index in [1.54, 1.807) is 11.3 Å². The topological polar surface area (TPSA) is 61.5 Å². The van der Waals surface area contributed by atoms with Crippen LogP contribution in [0.15, 0.2) is 66.0 Å². The highest BCUT2D eigenvalue weighted by atomic mass is 127. The first kappa shape index (κ1) is 22.0. The standard InChI is InChI=1S/C15H16O2.C4H4INS.CH2O/c1-12(2)16-14-8-10-15(11-9-14)17-13-6-4-3-5-7-13;5-4-1-3(6)2-7-4;1-2/h3-12H,1-2H3;1-2H,6H2;1H2. The first-order valence-electron chi connectivity index (χ1n) is 7.81. The van der Waals surface area contributed by atoms with Gasteiger partial charge in [-0.2, -0.15) is 0 Å². The molecule has 0 spiro atoms. The van der Waals surface area contributed by atoms with Crippen LogP contribution in [0.3, 0.4) is 0 Å². The second kappa shape index (κ2) is 12.3. The van der Waals surface area contributed by atoms with E-state index in [0.717, 1.165) is 22.9 Å². The molecule has 0 radical (unpaired) electrons. The van der Waals surface area contributed by atoms with E-state index in [-0.39, 0.29) is 6.10 Å². The van der Waals surface area contributed by atoms with Crippen LogP contribution in [0.5, 0.6) is 17.2 Å². The highest BCUT2D eigenvalue weighted by molar-refractivity contribution is 14.1. The van der Waals surface area contributed by atoms with Crippen molar-refractivity contribution in [1.29, 1.82) is 0 Å². The molecule has 138 valence electrons. The third kappa shape index (κ3) is 8.87. The normalized spacial score (nSPS) is 9.38. The number of thiophene rings is 1. The minimum absolute atomic E-state index is 0.191. The largest absolute Gasteiger partial charge is 0.491 e. The fourth-order valence-corrected chi connectivity index (χ4v) is 3.07. The molecule has 2 N–H and O–H groups in total. The van der Waals surface area contributed by atoms with Gasteiger partial charge in [-0.3, -0.25) is 0 Å². The van der Waals surface area contributed by atoms with Crippen molar-refractivity contribution in [2.75, 3.05) is 5.73 Å². The van der Waals surface area contributed by atoms with Crippen molar-refractivity contribution in [3.05, 3.63) is 68.9 Å². The van der Waals surface area contributed by atoms with Gasteiger partial charge in [0.15, 0.2) is 0 Å². The second-order valence-electron chi connectivity index (χ2n) is 5.24. The van der Waals surface area contributed by atoms with E-state index in [4.69, 9.17) is 20.0 Å². The number of anilines is 1. The third-order valence-electron chi connectivity index (χ3n) is 2.76. The Morgan fingerprint density at radius 2 is 1.50 bits per heavy atom. The number of nitrogen functional groups attached to an aromatic ring is 1. The fourth-order valence-electron chi connectivity index (χ4n) is 1.81. The lowest BCUT2D eigenvalue weighted by molar-refractivity contribution is -0.0979. The van der Waals surface area contributed by atoms with Crippen LogP contribution in [0.2, 0.25) is 0 Å². The van der Waals surface area contributed by atoms with Crippen molar-refractivity contribution in [2.45, 2.75) is 20.0 Å².